The zero-order chi connectivity index (χ0) is 23.7. The Morgan fingerprint density at radius 3 is 2.47 bits per heavy atom. The third-order valence-corrected chi connectivity index (χ3v) is 6.30. The van der Waals surface area contributed by atoms with Crippen molar-refractivity contribution in [1.29, 1.82) is 5.26 Å². The van der Waals surface area contributed by atoms with Crippen LogP contribution in [0.5, 0.6) is 0 Å². The van der Waals surface area contributed by atoms with Crippen LogP contribution in [-0.2, 0) is 18.4 Å². The summed E-state index contributed by atoms with van der Waals surface area (Å²) in [5.74, 6) is 0.000409. The van der Waals surface area contributed by atoms with E-state index in [9.17, 15) is 10.1 Å². The SMILES string of the molecule is C=CC(=O)N1CCN(Cc2ccc(-c3cc(-c4cnn(C)c4)cn4ncc(C#N)c34)cc2)CC1. The van der Waals surface area contributed by atoms with Crippen molar-refractivity contribution in [2.24, 2.45) is 7.05 Å². The average Bonchev–Trinajstić information content (AvgIpc) is 3.50. The number of nitriles is 1. The molecule has 0 atom stereocenters. The fraction of sp³-hybridized carbons (Fsp3) is 0.231. The van der Waals surface area contributed by atoms with Gasteiger partial charge >= 0.3 is 0 Å². The summed E-state index contributed by atoms with van der Waals surface area (Å²) in [6.45, 7) is 7.54. The van der Waals surface area contributed by atoms with Crippen molar-refractivity contribution in [2.75, 3.05) is 26.2 Å². The van der Waals surface area contributed by atoms with Gasteiger partial charge in [0, 0.05) is 68.9 Å². The van der Waals surface area contributed by atoms with Gasteiger partial charge in [-0.3, -0.25) is 14.4 Å². The van der Waals surface area contributed by atoms with Gasteiger partial charge in [0.2, 0.25) is 5.91 Å². The van der Waals surface area contributed by atoms with E-state index < -0.39 is 0 Å². The number of amides is 1. The first-order valence-corrected chi connectivity index (χ1v) is 11.2. The Labute approximate surface area is 197 Å². The monoisotopic (exact) mass is 451 g/mol. The van der Waals surface area contributed by atoms with E-state index in [-0.39, 0.29) is 5.91 Å². The lowest BCUT2D eigenvalue weighted by Crippen LogP contribution is -2.47. The van der Waals surface area contributed by atoms with Gasteiger partial charge in [-0.05, 0) is 23.3 Å². The first-order chi connectivity index (χ1) is 16.6. The second kappa shape index (κ2) is 8.96. The number of pyridine rings is 1. The highest BCUT2D eigenvalue weighted by Gasteiger charge is 2.19. The van der Waals surface area contributed by atoms with Crippen LogP contribution in [-0.4, -0.2) is 61.3 Å². The minimum Gasteiger partial charge on any atom is -0.337 e. The molecule has 1 aliphatic heterocycles. The lowest BCUT2D eigenvalue weighted by molar-refractivity contribution is -0.127. The lowest BCUT2D eigenvalue weighted by Gasteiger charge is -2.34. The molecule has 1 aliphatic rings. The predicted octanol–water partition coefficient (Wildman–Crippen LogP) is 3.10. The highest BCUT2D eigenvalue weighted by molar-refractivity contribution is 5.88. The maximum atomic E-state index is 11.8. The van der Waals surface area contributed by atoms with Crippen LogP contribution in [0.3, 0.4) is 0 Å². The van der Waals surface area contributed by atoms with Crippen molar-refractivity contribution in [2.45, 2.75) is 6.54 Å². The summed E-state index contributed by atoms with van der Waals surface area (Å²) in [6.07, 6.45) is 8.71. The van der Waals surface area contributed by atoms with Crippen LogP contribution in [0.15, 0.2) is 67.8 Å². The summed E-state index contributed by atoms with van der Waals surface area (Å²) in [5, 5.41) is 18.3. The highest BCUT2D eigenvalue weighted by Crippen LogP contribution is 2.32. The van der Waals surface area contributed by atoms with Crippen LogP contribution in [0.1, 0.15) is 11.1 Å². The molecule has 0 N–H and O–H groups in total. The Kier molecular flexibility index (Phi) is 5.70. The molecule has 4 aromatic rings. The van der Waals surface area contributed by atoms with E-state index in [0.29, 0.717) is 5.56 Å². The van der Waals surface area contributed by atoms with E-state index >= 15 is 0 Å². The van der Waals surface area contributed by atoms with Gasteiger partial charge in [0.15, 0.2) is 0 Å². The maximum Gasteiger partial charge on any atom is 0.246 e. The van der Waals surface area contributed by atoms with Crippen molar-refractivity contribution >= 4 is 11.4 Å². The van der Waals surface area contributed by atoms with E-state index in [4.69, 9.17) is 0 Å². The summed E-state index contributed by atoms with van der Waals surface area (Å²) in [7, 11) is 1.89. The molecule has 8 nitrogen and oxygen atoms in total. The van der Waals surface area contributed by atoms with E-state index in [0.717, 1.165) is 60.5 Å². The number of nitrogens with zero attached hydrogens (tertiary/aromatic N) is 7. The second-order valence-corrected chi connectivity index (χ2v) is 8.51. The Morgan fingerprint density at radius 2 is 1.82 bits per heavy atom. The van der Waals surface area contributed by atoms with Crippen LogP contribution >= 0.6 is 0 Å². The number of aromatic nitrogens is 4. The number of hydrogen-bond donors (Lipinski definition) is 0. The number of hydrogen-bond acceptors (Lipinski definition) is 5. The van der Waals surface area contributed by atoms with Crippen LogP contribution < -0.4 is 0 Å². The van der Waals surface area contributed by atoms with Gasteiger partial charge in [-0.2, -0.15) is 15.5 Å². The lowest BCUT2D eigenvalue weighted by atomic mass is 9.99. The molecule has 4 heterocycles. The molecular formula is C26H25N7O. The molecule has 1 fully saturated rings. The number of aryl methyl sites for hydroxylation is 1. The van der Waals surface area contributed by atoms with Crippen molar-refractivity contribution < 1.29 is 4.79 Å². The average molecular weight is 452 g/mol. The standard InChI is InChI=1S/C26H25N7O/c1-3-25(34)32-10-8-31(9-11-32)16-19-4-6-20(7-5-19)24-12-21(23-15-28-30(2)17-23)18-33-26(24)22(13-27)14-29-33/h3-7,12,14-15,17-18H,1,8-11,16H2,2H3. The van der Waals surface area contributed by atoms with Crippen LogP contribution in [0.2, 0.25) is 0 Å². The van der Waals surface area contributed by atoms with Crippen molar-refractivity contribution in [3.63, 3.8) is 0 Å². The van der Waals surface area contributed by atoms with E-state index in [1.54, 1.807) is 15.4 Å². The van der Waals surface area contributed by atoms with Crippen LogP contribution in [0.25, 0.3) is 27.8 Å². The van der Waals surface area contributed by atoms with Crippen molar-refractivity contribution in [3.05, 3.63) is 78.9 Å². The zero-order valence-corrected chi connectivity index (χ0v) is 19.1. The largest absolute Gasteiger partial charge is 0.337 e. The molecule has 3 aromatic heterocycles. The fourth-order valence-electron chi connectivity index (χ4n) is 4.45. The Balaban J connectivity index is 1.42. The maximum absolute atomic E-state index is 11.8. The Morgan fingerprint density at radius 1 is 1.06 bits per heavy atom. The Hall–Kier alpha value is -4.22. The molecule has 1 amide bonds. The molecule has 34 heavy (non-hydrogen) atoms. The first-order valence-electron chi connectivity index (χ1n) is 11.2. The van der Waals surface area contributed by atoms with E-state index in [1.165, 1.54) is 11.6 Å². The molecule has 8 heteroatoms. The topological polar surface area (TPSA) is 82.5 Å². The van der Waals surface area contributed by atoms with Gasteiger partial charge < -0.3 is 4.90 Å². The van der Waals surface area contributed by atoms with Gasteiger partial charge in [-0.25, -0.2) is 4.52 Å². The molecule has 170 valence electrons. The molecule has 5 rings (SSSR count). The summed E-state index contributed by atoms with van der Waals surface area (Å²) in [4.78, 5) is 16.0. The van der Waals surface area contributed by atoms with Crippen LogP contribution in [0, 0.1) is 11.3 Å². The first kappa shape index (κ1) is 21.6. The normalized spacial score (nSPS) is 14.3. The summed E-state index contributed by atoms with van der Waals surface area (Å²) in [5.41, 5.74) is 6.51. The number of rotatable bonds is 5. The highest BCUT2D eigenvalue weighted by atomic mass is 16.2. The van der Waals surface area contributed by atoms with Gasteiger partial charge in [0.05, 0.1) is 23.5 Å². The molecule has 0 aliphatic carbocycles. The van der Waals surface area contributed by atoms with Crippen LogP contribution in [0.4, 0.5) is 0 Å². The zero-order valence-electron chi connectivity index (χ0n) is 19.1. The predicted molar refractivity (Wildman–Crippen MR) is 130 cm³/mol. The third-order valence-electron chi connectivity index (χ3n) is 6.30. The van der Waals surface area contributed by atoms with Gasteiger partial charge in [-0.1, -0.05) is 30.8 Å². The van der Waals surface area contributed by atoms with Gasteiger partial charge in [0.1, 0.15) is 6.07 Å². The molecule has 1 aromatic carbocycles. The van der Waals surface area contributed by atoms with Crippen molar-refractivity contribution in [3.8, 4) is 28.3 Å². The number of carbonyl (C=O) groups is 1. The molecule has 0 saturated carbocycles. The molecule has 0 spiro atoms. The smallest absolute Gasteiger partial charge is 0.246 e. The molecular weight excluding hydrogens is 426 g/mol. The Bertz CT molecular complexity index is 1400. The van der Waals surface area contributed by atoms with Gasteiger partial charge in [0.25, 0.3) is 0 Å². The van der Waals surface area contributed by atoms with E-state index in [1.807, 2.05) is 30.5 Å². The summed E-state index contributed by atoms with van der Waals surface area (Å²) in [6, 6.07) is 12.8. The third kappa shape index (κ3) is 4.09. The molecule has 1 saturated heterocycles. The minimum absolute atomic E-state index is 0.000409. The molecule has 0 radical (unpaired) electrons. The number of piperazine rings is 1. The molecule has 0 bridgehead atoms. The van der Waals surface area contributed by atoms with Gasteiger partial charge in [-0.15, -0.1) is 0 Å². The number of fused-ring (bicyclic) bond motifs is 1. The molecule has 0 unspecified atom stereocenters. The number of benzene rings is 1. The second-order valence-electron chi connectivity index (χ2n) is 8.51. The fourth-order valence-corrected chi connectivity index (χ4v) is 4.45. The minimum atomic E-state index is 0.000409. The number of carbonyl (C=O) groups excluding carboxylic acids is 1. The summed E-state index contributed by atoms with van der Waals surface area (Å²) >= 11 is 0. The quantitative estimate of drug-likeness (QED) is 0.436. The van der Waals surface area contributed by atoms with Crippen molar-refractivity contribution in [1.82, 2.24) is 29.2 Å². The summed E-state index contributed by atoms with van der Waals surface area (Å²) < 4.78 is 3.54. The van der Waals surface area contributed by atoms with E-state index in [2.05, 4.69) is 58.1 Å².